The largest absolute Gasteiger partial charge is 0.292 e. The molecular formula is C13H20N2O. The van der Waals surface area contributed by atoms with Crippen molar-refractivity contribution in [3.8, 4) is 0 Å². The van der Waals surface area contributed by atoms with Gasteiger partial charge in [0.15, 0.2) is 0 Å². The smallest absolute Gasteiger partial charge is 0.238 e. The maximum absolute atomic E-state index is 11.5. The average Bonchev–Trinajstić information content (AvgIpc) is 2.21. The van der Waals surface area contributed by atoms with Gasteiger partial charge in [0.25, 0.3) is 0 Å². The molecule has 88 valence electrons. The van der Waals surface area contributed by atoms with Crippen molar-refractivity contribution >= 4 is 5.91 Å². The van der Waals surface area contributed by atoms with Gasteiger partial charge in [0.05, 0.1) is 6.42 Å². The number of rotatable bonds is 4. The summed E-state index contributed by atoms with van der Waals surface area (Å²) in [5.41, 5.74) is 8.76. The molecule has 0 fully saturated rings. The van der Waals surface area contributed by atoms with E-state index in [1.54, 1.807) is 7.05 Å². The van der Waals surface area contributed by atoms with Gasteiger partial charge >= 0.3 is 0 Å². The monoisotopic (exact) mass is 220 g/mol. The van der Waals surface area contributed by atoms with Crippen molar-refractivity contribution in [2.24, 2.45) is 0 Å². The van der Waals surface area contributed by atoms with E-state index in [0.29, 0.717) is 12.3 Å². The molecule has 0 radical (unpaired) electrons. The summed E-state index contributed by atoms with van der Waals surface area (Å²) < 4.78 is 0. The first-order valence-corrected chi connectivity index (χ1v) is 5.59. The molecule has 0 unspecified atom stereocenters. The lowest BCUT2D eigenvalue weighted by Gasteiger charge is -2.11. The van der Waals surface area contributed by atoms with E-state index in [1.165, 1.54) is 5.56 Å². The maximum Gasteiger partial charge on any atom is 0.238 e. The molecule has 1 aromatic rings. The number of hydrazine groups is 1. The van der Waals surface area contributed by atoms with E-state index in [0.717, 1.165) is 11.1 Å². The van der Waals surface area contributed by atoms with Gasteiger partial charge < -0.3 is 0 Å². The Morgan fingerprint density at radius 1 is 1.38 bits per heavy atom. The predicted molar refractivity (Wildman–Crippen MR) is 66.2 cm³/mol. The van der Waals surface area contributed by atoms with Gasteiger partial charge in [-0.2, -0.15) is 0 Å². The summed E-state index contributed by atoms with van der Waals surface area (Å²) in [5, 5.41) is 0. The molecular weight excluding hydrogens is 200 g/mol. The number of carbonyl (C=O) groups excluding carboxylic acids is 1. The van der Waals surface area contributed by atoms with E-state index < -0.39 is 0 Å². The lowest BCUT2D eigenvalue weighted by Crippen LogP contribution is -2.35. The van der Waals surface area contributed by atoms with Crippen molar-refractivity contribution < 1.29 is 4.79 Å². The second kappa shape index (κ2) is 5.66. The highest BCUT2D eigenvalue weighted by molar-refractivity contribution is 5.78. The first-order chi connectivity index (χ1) is 7.54. The molecule has 0 aliphatic rings. The molecule has 0 saturated heterocycles. The number of amides is 1. The van der Waals surface area contributed by atoms with Gasteiger partial charge in [-0.1, -0.05) is 32.0 Å². The highest BCUT2D eigenvalue weighted by Gasteiger charge is 2.07. The van der Waals surface area contributed by atoms with Crippen LogP contribution in [0.2, 0.25) is 0 Å². The number of nitrogens with one attached hydrogen (secondary N) is 2. The Labute approximate surface area is 97.2 Å². The van der Waals surface area contributed by atoms with E-state index in [2.05, 4.69) is 42.9 Å². The van der Waals surface area contributed by atoms with Crippen LogP contribution in [0.3, 0.4) is 0 Å². The van der Waals surface area contributed by atoms with E-state index in [4.69, 9.17) is 0 Å². The second-order valence-electron chi connectivity index (χ2n) is 4.32. The molecule has 0 spiro atoms. The molecule has 3 heteroatoms. The minimum atomic E-state index is -0.00786. The van der Waals surface area contributed by atoms with Crippen LogP contribution in [-0.2, 0) is 11.2 Å². The first-order valence-electron chi connectivity index (χ1n) is 5.59. The molecule has 1 amide bonds. The summed E-state index contributed by atoms with van der Waals surface area (Å²) in [6.07, 6.45) is 0.424. The lowest BCUT2D eigenvalue weighted by molar-refractivity contribution is -0.121. The highest BCUT2D eigenvalue weighted by atomic mass is 16.2. The normalized spacial score (nSPS) is 10.6. The summed E-state index contributed by atoms with van der Waals surface area (Å²) in [6.45, 7) is 6.34. The maximum atomic E-state index is 11.5. The third-order valence-corrected chi connectivity index (χ3v) is 2.66. The Kier molecular flexibility index (Phi) is 4.50. The fourth-order valence-electron chi connectivity index (χ4n) is 1.60. The van der Waals surface area contributed by atoms with Crippen LogP contribution < -0.4 is 10.9 Å². The van der Waals surface area contributed by atoms with Gasteiger partial charge in [-0.15, -0.1) is 0 Å². The van der Waals surface area contributed by atoms with Crippen LogP contribution in [0.25, 0.3) is 0 Å². The van der Waals surface area contributed by atoms with Crippen molar-refractivity contribution in [1.29, 1.82) is 0 Å². The summed E-state index contributed by atoms with van der Waals surface area (Å²) in [6, 6.07) is 6.33. The Morgan fingerprint density at radius 2 is 2.06 bits per heavy atom. The third-order valence-electron chi connectivity index (χ3n) is 2.66. The summed E-state index contributed by atoms with van der Waals surface area (Å²) in [7, 11) is 1.69. The Bertz CT molecular complexity index is 372. The van der Waals surface area contributed by atoms with Crippen molar-refractivity contribution in [3.05, 3.63) is 34.9 Å². The van der Waals surface area contributed by atoms with Gasteiger partial charge in [-0.3, -0.25) is 10.2 Å². The van der Waals surface area contributed by atoms with Gasteiger partial charge in [-0.05, 0) is 29.5 Å². The molecule has 0 bridgehead atoms. The number of hydrogen-bond acceptors (Lipinski definition) is 2. The van der Waals surface area contributed by atoms with Crippen molar-refractivity contribution in [1.82, 2.24) is 10.9 Å². The van der Waals surface area contributed by atoms with Crippen LogP contribution in [0.15, 0.2) is 18.2 Å². The summed E-state index contributed by atoms with van der Waals surface area (Å²) >= 11 is 0. The summed E-state index contributed by atoms with van der Waals surface area (Å²) in [4.78, 5) is 11.5. The van der Waals surface area contributed by atoms with Crippen LogP contribution in [0, 0.1) is 6.92 Å². The zero-order valence-corrected chi connectivity index (χ0v) is 10.4. The molecule has 0 atom stereocenters. The lowest BCUT2D eigenvalue weighted by atomic mass is 9.96. The van der Waals surface area contributed by atoms with Crippen LogP contribution in [-0.4, -0.2) is 13.0 Å². The molecule has 1 aromatic carbocycles. The molecule has 2 N–H and O–H groups in total. The van der Waals surface area contributed by atoms with E-state index in [-0.39, 0.29) is 5.91 Å². The first kappa shape index (κ1) is 12.7. The third kappa shape index (κ3) is 3.35. The van der Waals surface area contributed by atoms with Crippen LogP contribution in [0.5, 0.6) is 0 Å². The van der Waals surface area contributed by atoms with E-state index in [1.807, 2.05) is 6.92 Å². The van der Waals surface area contributed by atoms with Crippen LogP contribution in [0.4, 0.5) is 0 Å². The minimum Gasteiger partial charge on any atom is -0.292 e. The molecule has 0 aliphatic heterocycles. The fraction of sp³-hybridized carbons (Fsp3) is 0.462. The number of benzene rings is 1. The molecule has 0 saturated carbocycles. The van der Waals surface area contributed by atoms with Crippen LogP contribution >= 0.6 is 0 Å². The highest BCUT2D eigenvalue weighted by Crippen LogP contribution is 2.18. The van der Waals surface area contributed by atoms with E-state index in [9.17, 15) is 4.79 Å². The predicted octanol–water partition coefficient (Wildman–Crippen LogP) is 1.91. The minimum absolute atomic E-state index is 0.00786. The average molecular weight is 220 g/mol. The van der Waals surface area contributed by atoms with Crippen LogP contribution in [0.1, 0.15) is 36.5 Å². The number of aryl methyl sites for hydroxylation is 1. The number of hydrogen-bond donors (Lipinski definition) is 2. The standard InChI is InChI=1S/C13H20N2O/c1-9(2)11-6-5-10(3)12(7-11)8-13(16)15-14-4/h5-7,9,14H,8H2,1-4H3,(H,15,16). The van der Waals surface area contributed by atoms with Gasteiger partial charge in [-0.25, -0.2) is 5.43 Å². The molecule has 1 rings (SSSR count). The SMILES string of the molecule is CNNC(=O)Cc1cc(C(C)C)ccc1C. The van der Waals surface area contributed by atoms with Gasteiger partial charge in [0, 0.05) is 7.05 Å². The molecule has 0 aromatic heterocycles. The zero-order chi connectivity index (χ0) is 12.1. The molecule has 16 heavy (non-hydrogen) atoms. The molecule has 3 nitrogen and oxygen atoms in total. The topological polar surface area (TPSA) is 41.1 Å². The second-order valence-corrected chi connectivity index (χ2v) is 4.32. The fourth-order valence-corrected chi connectivity index (χ4v) is 1.60. The zero-order valence-electron chi connectivity index (χ0n) is 10.4. The summed E-state index contributed by atoms with van der Waals surface area (Å²) in [5.74, 6) is 0.484. The Balaban J connectivity index is 2.86. The Hall–Kier alpha value is -1.35. The van der Waals surface area contributed by atoms with Crippen molar-refractivity contribution in [3.63, 3.8) is 0 Å². The van der Waals surface area contributed by atoms with Crippen molar-refractivity contribution in [2.75, 3.05) is 7.05 Å². The van der Waals surface area contributed by atoms with Gasteiger partial charge in [0.1, 0.15) is 0 Å². The Morgan fingerprint density at radius 3 is 2.62 bits per heavy atom. The quantitative estimate of drug-likeness (QED) is 0.761. The van der Waals surface area contributed by atoms with Gasteiger partial charge in [0.2, 0.25) is 5.91 Å². The van der Waals surface area contributed by atoms with E-state index >= 15 is 0 Å². The number of carbonyl (C=O) groups is 1. The van der Waals surface area contributed by atoms with Crippen molar-refractivity contribution in [2.45, 2.75) is 33.1 Å². The molecule has 0 aliphatic carbocycles. The molecule has 0 heterocycles.